The Morgan fingerprint density at radius 3 is 2.23 bits per heavy atom. The molecule has 0 atom stereocenters. The Morgan fingerprint density at radius 1 is 0.771 bits per heavy atom. The molecule has 239 valence electrons. The fraction of sp³-hybridized carbons (Fsp3) is 0.116. The quantitative estimate of drug-likeness (QED) is 0.166. The van der Waals surface area contributed by atoms with E-state index < -0.39 is 6.85 Å². The molecule has 0 bridgehead atoms. The molecule has 0 saturated heterocycles. The molecule has 0 saturated carbocycles. The predicted octanol–water partition coefficient (Wildman–Crippen LogP) is 11.1. The van der Waals surface area contributed by atoms with Gasteiger partial charge in [0.2, 0.25) is 0 Å². The largest absolute Gasteiger partial charge is 0.557 e. The van der Waals surface area contributed by atoms with E-state index in [0.717, 1.165) is 50.3 Å². The van der Waals surface area contributed by atoms with Crippen LogP contribution in [-0.2, 0) is 25.5 Å². The maximum Gasteiger partial charge on any atom is 0.0774 e. The Hall–Kier alpha value is -5.09. The molecule has 0 aliphatic carbocycles. The Labute approximate surface area is 299 Å². The van der Waals surface area contributed by atoms with Crippen LogP contribution in [0.3, 0.4) is 0 Å². The van der Waals surface area contributed by atoms with Crippen molar-refractivity contribution in [2.45, 2.75) is 33.0 Å². The van der Waals surface area contributed by atoms with Crippen molar-refractivity contribution in [3.05, 3.63) is 163 Å². The molecule has 5 aromatic carbocycles. The summed E-state index contributed by atoms with van der Waals surface area (Å²) in [6.07, 6.45) is 4.55. The number of furan rings is 1. The minimum Gasteiger partial charge on any atom is -0.557 e. The number of pyridine rings is 1. The standard InChI is InChI=1S/C31H25N2O.C12H10N.Ir/c1-31(2,3)23-15-18-29-25(19-23)26(20-34-29)30-32-27-11-7-8-12-28(27)33(30)24-16-13-22(14-17-24)21-9-5-4-6-10-21;1-10-7-8-12(13-9-10)11-5-3-2-4-6-11;/h4-19H,1-3H3;2-5,7-9H,1H3;/q2*-1;/i;1D3;. The molecule has 0 aliphatic heterocycles. The molecule has 0 aliphatic rings. The van der Waals surface area contributed by atoms with Crippen LogP contribution in [-0.4, -0.2) is 14.5 Å². The Morgan fingerprint density at radius 2 is 1.52 bits per heavy atom. The molecule has 1 radical (unpaired) electrons. The van der Waals surface area contributed by atoms with Crippen molar-refractivity contribution >= 4 is 22.0 Å². The van der Waals surface area contributed by atoms with Gasteiger partial charge in [-0.2, -0.15) is 0 Å². The van der Waals surface area contributed by atoms with Gasteiger partial charge in [-0.15, -0.1) is 35.9 Å². The van der Waals surface area contributed by atoms with E-state index in [9.17, 15) is 0 Å². The van der Waals surface area contributed by atoms with Crippen molar-refractivity contribution in [1.29, 1.82) is 0 Å². The Kier molecular flexibility index (Phi) is 8.45. The number of hydrogen-bond acceptors (Lipinski definition) is 3. The zero-order valence-electron chi connectivity index (χ0n) is 29.9. The van der Waals surface area contributed by atoms with Crippen molar-refractivity contribution in [1.82, 2.24) is 14.5 Å². The molecule has 3 aromatic heterocycles. The van der Waals surface area contributed by atoms with Crippen molar-refractivity contribution in [3.8, 4) is 39.5 Å². The average Bonchev–Trinajstić information content (AvgIpc) is 3.73. The number of para-hydroxylation sites is 2. The average molecular weight is 805 g/mol. The molecular formula is C43H35IrN3O-2. The molecule has 8 rings (SSSR count). The second-order valence-corrected chi connectivity index (χ2v) is 12.4. The first-order chi connectivity index (χ1) is 24.1. The number of imidazole rings is 1. The van der Waals surface area contributed by atoms with Crippen molar-refractivity contribution in [2.24, 2.45) is 0 Å². The third-order valence-electron chi connectivity index (χ3n) is 8.14. The van der Waals surface area contributed by atoms with Gasteiger partial charge >= 0.3 is 0 Å². The number of rotatable bonds is 4. The van der Waals surface area contributed by atoms with Gasteiger partial charge in [-0.05, 0) is 58.9 Å². The second-order valence-electron chi connectivity index (χ2n) is 12.4. The van der Waals surface area contributed by atoms with Gasteiger partial charge in [0.05, 0.1) is 16.9 Å². The van der Waals surface area contributed by atoms with E-state index in [2.05, 4.69) is 122 Å². The van der Waals surface area contributed by atoms with Gasteiger partial charge in [0.15, 0.2) is 0 Å². The number of benzene rings is 5. The number of nitrogens with zero attached hydrogens (tertiary/aromatic N) is 3. The molecule has 8 aromatic rings. The maximum absolute atomic E-state index is 7.23. The molecule has 3 heterocycles. The summed E-state index contributed by atoms with van der Waals surface area (Å²) < 4.78 is 29.8. The summed E-state index contributed by atoms with van der Waals surface area (Å²) in [4.78, 5) is 9.15. The predicted molar refractivity (Wildman–Crippen MR) is 192 cm³/mol. The normalized spacial score (nSPS) is 12.4. The maximum atomic E-state index is 7.23. The van der Waals surface area contributed by atoms with Crippen LogP contribution in [0, 0.1) is 19.2 Å². The summed E-state index contributed by atoms with van der Waals surface area (Å²) in [5, 5.41) is 1.03. The number of aromatic nitrogens is 3. The van der Waals surface area contributed by atoms with Crippen LogP contribution in [0.5, 0.6) is 0 Å². The minimum absolute atomic E-state index is 0. The van der Waals surface area contributed by atoms with Crippen LogP contribution >= 0.6 is 0 Å². The van der Waals surface area contributed by atoms with Crippen LogP contribution in [0.2, 0.25) is 0 Å². The third-order valence-corrected chi connectivity index (χ3v) is 8.14. The smallest absolute Gasteiger partial charge is 0.0774 e. The SMILES string of the molecule is CC(C)(C)c1ccc2o[c-]c(-c3nc4ccccc4n3-c3ccc(-c4ccccc4)cc3)c2c1.[2H]C([2H])([2H])c1ccc(-c2[c-]cccc2)nc1.[Ir]. The zero-order chi connectivity index (χ0) is 34.9. The van der Waals surface area contributed by atoms with E-state index in [4.69, 9.17) is 13.5 Å². The summed E-state index contributed by atoms with van der Waals surface area (Å²) in [6.45, 7) is 4.58. The summed E-state index contributed by atoms with van der Waals surface area (Å²) in [6, 6.07) is 47.5. The molecule has 0 N–H and O–H groups in total. The van der Waals surface area contributed by atoms with E-state index in [1.54, 1.807) is 18.2 Å². The summed E-state index contributed by atoms with van der Waals surface area (Å²) in [7, 11) is 0. The van der Waals surface area contributed by atoms with Gasteiger partial charge in [0, 0.05) is 47.9 Å². The number of fused-ring (bicyclic) bond motifs is 2. The van der Waals surface area contributed by atoms with Crippen LogP contribution in [0.1, 0.15) is 36.0 Å². The molecule has 48 heavy (non-hydrogen) atoms. The van der Waals surface area contributed by atoms with Crippen molar-refractivity contribution in [2.75, 3.05) is 0 Å². The summed E-state index contributed by atoms with van der Waals surface area (Å²) >= 11 is 0. The topological polar surface area (TPSA) is 43.9 Å². The molecule has 4 nitrogen and oxygen atoms in total. The van der Waals surface area contributed by atoms with Gasteiger partial charge in [-0.1, -0.05) is 122 Å². The van der Waals surface area contributed by atoms with Crippen LogP contribution < -0.4 is 0 Å². The first kappa shape index (κ1) is 29.1. The van der Waals surface area contributed by atoms with Gasteiger partial charge in [-0.3, -0.25) is 4.98 Å². The number of hydrogen-bond donors (Lipinski definition) is 0. The van der Waals surface area contributed by atoms with Crippen LogP contribution in [0.4, 0.5) is 0 Å². The van der Waals surface area contributed by atoms with Gasteiger partial charge in [0.25, 0.3) is 0 Å². The monoisotopic (exact) mass is 805 g/mol. The number of aryl methyl sites for hydroxylation is 1. The molecule has 0 amide bonds. The molecule has 0 unspecified atom stereocenters. The van der Waals surface area contributed by atoms with E-state index in [1.807, 2.05) is 36.4 Å². The van der Waals surface area contributed by atoms with Gasteiger partial charge < -0.3 is 14.0 Å². The summed E-state index contributed by atoms with van der Waals surface area (Å²) in [5.41, 5.74) is 10.3. The first-order valence-corrected chi connectivity index (χ1v) is 15.6. The van der Waals surface area contributed by atoms with Crippen molar-refractivity contribution < 1.29 is 28.6 Å². The minimum atomic E-state index is -2.09. The van der Waals surface area contributed by atoms with Gasteiger partial charge in [-0.25, -0.2) is 0 Å². The van der Waals surface area contributed by atoms with E-state index in [1.165, 1.54) is 22.9 Å². The first-order valence-electron chi connectivity index (χ1n) is 17.1. The fourth-order valence-corrected chi connectivity index (χ4v) is 5.60. The van der Waals surface area contributed by atoms with Crippen LogP contribution in [0.25, 0.3) is 61.5 Å². The van der Waals surface area contributed by atoms with E-state index in [-0.39, 0.29) is 31.1 Å². The van der Waals surface area contributed by atoms with E-state index in [0.29, 0.717) is 0 Å². The Bertz CT molecular complexity index is 2380. The van der Waals surface area contributed by atoms with Crippen molar-refractivity contribution in [3.63, 3.8) is 0 Å². The third kappa shape index (κ3) is 6.80. The van der Waals surface area contributed by atoms with Gasteiger partial charge in [0.1, 0.15) is 0 Å². The van der Waals surface area contributed by atoms with E-state index >= 15 is 0 Å². The second kappa shape index (κ2) is 13.9. The molecule has 5 heteroatoms. The molecular weight excluding hydrogens is 767 g/mol. The van der Waals surface area contributed by atoms with Crippen LogP contribution in [0.15, 0.2) is 144 Å². The summed E-state index contributed by atoms with van der Waals surface area (Å²) in [5.74, 6) is 0.832. The molecule has 0 spiro atoms. The zero-order valence-corrected chi connectivity index (χ0v) is 29.3. The fourth-order valence-electron chi connectivity index (χ4n) is 5.60. The Balaban J connectivity index is 0.000000222. The molecule has 0 fully saturated rings.